The Hall–Kier alpha value is -1.75. The van der Waals surface area contributed by atoms with Crippen molar-refractivity contribution in [2.45, 2.75) is 65.5 Å². The molecule has 140 valence electrons. The van der Waals surface area contributed by atoms with Crippen LogP contribution in [0.4, 0.5) is 10.5 Å². The Kier molecular flexibility index (Phi) is 4.72. The first-order chi connectivity index (χ1) is 12.0. The van der Waals surface area contributed by atoms with Crippen molar-refractivity contribution in [3.63, 3.8) is 0 Å². The van der Waals surface area contributed by atoms with E-state index in [1.807, 2.05) is 6.08 Å². The molecule has 1 aromatic rings. The SMILES string of the molecule is Cc1cc2c(cc1/C=C1/SC(=O)N(C)C1=O)[C@H](C)CC(C)(C)N2C(C)C. The van der Waals surface area contributed by atoms with Crippen LogP contribution < -0.4 is 4.90 Å². The number of aryl methyl sites for hydroxylation is 1. The molecule has 0 saturated carbocycles. The Morgan fingerprint density at radius 2 is 1.92 bits per heavy atom. The summed E-state index contributed by atoms with van der Waals surface area (Å²) < 4.78 is 0. The zero-order valence-corrected chi connectivity index (χ0v) is 17.5. The molecule has 0 spiro atoms. The van der Waals surface area contributed by atoms with Gasteiger partial charge in [-0.3, -0.25) is 14.5 Å². The first kappa shape index (κ1) is 19.0. The predicted molar refractivity (Wildman–Crippen MR) is 110 cm³/mol. The van der Waals surface area contributed by atoms with Crippen molar-refractivity contribution >= 4 is 34.7 Å². The molecule has 2 aliphatic heterocycles. The highest BCUT2D eigenvalue weighted by Gasteiger charge is 2.38. The third-order valence-electron chi connectivity index (χ3n) is 5.45. The van der Waals surface area contributed by atoms with Crippen LogP contribution in [0, 0.1) is 6.92 Å². The minimum absolute atomic E-state index is 0.111. The van der Waals surface area contributed by atoms with Crippen molar-refractivity contribution in [3.8, 4) is 0 Å². The Labute approximate surface area is 160 Å². The first-order valence-electron chi connectivity index (χ1n) is 9.18. The molecule has 1 saturated heterocycles. The van der Waals surface area contributed by atoms with Crippen molar-refractivity contribution in [1.82, 2.24) is 4.90 Å². The van der Waals surface area contributed by atoms with Gasteiger partial charge in [-0.1, -0.05) is 6.92 Å². The van der Waals surface area contributed by atoms with E-state index in [9.17, 15) is 9.59 Å². The van der Waals surface area contributed by atoms with E-state index in [0.29, 0.717) is 16.9 Å². The monoisotopic (exact) mass is 372 g/mol. The van der Waals surface area contributed by atoms with E-state index in [2.05, 4.69) is 58.6 Å². The normalized spacial score (nSPS) is 24.0. The average molecular weight is 373 g/mol. The summed E-state index contributed by atoms with van der Waals surface area (Å²) in [5.74, 6) is 0.235. The molecule has 26 heavy (non-hydrogen) atoms. The topological polar surface area (TPSA) is 40.6 Å². The van der Waals surface area contributed by atoms with Crippen LogP contribution in [0.5, 0.6) is 0 Å². The largest absolute Gasteiger partial charge is 0.364 e. The summed E-state index contributed by atoms with van der Waals surface area (Å²) in [5, 5.41) is -0.210. The van der Waals surface area contributed by atoms with E-state index in [1.54, 1.807) is 0 Å². The molecule has 1 fully saturated rings. The fourth-order valence-corrected chi connectivity index (χ4v) is 5.25. The second-order valence-electron chi connectivity index (χ2n) is 8.39. The molecule has 0 unspecified atom stereocenters. The first-order valence-corrected chi connectivity index (χ1v) is 10.00. The number of imide groups is 1. The second kappa shape index (κ2) is 6.45. The second-order valence-corrected chi connectivity index (χ2v) is 9.38. The molecule has 0 radical (unpaired) electrons. The zero-order valence-electron chi connectivity index (χ0n) is 16.7. The number of hydrogen-bond donors (Lipinski definition) is 0. The summed E-state index contributed by atoms with van der Waals surface area (Å²) >= 11 is 1.02. The van der Waals surface area contributed by atoms with Gasteiger partial charge in [0, 0.05) is 24.3 Å². The van der Waals surface area contributed by atoms with Crippen LogP contribution in [0.15, 0.2) is 17.0 Å². The number of nitrogens with zero attached hydrogens (tertiary/aromatic N) is 2. The van der Waals surface area contributed by atoms with Gasteiger partial charge in [0.25, 0.3) is 11.1 Å². The number of anilines is 1. The van der Waals surface area contributed by atoms with Crippen LogP contribution >= 0.6 is 11.8 Å². The predicted octanol–water partition coefficient (Wildman–Crippen LogP) is 5.16. The molecule has 0 aromatic heterocycles. The number of likely N-dealkylation sites (N-methyl/N-ethyl adjacent to an activating group) is 1. The average Bonchev–Trinajstić information content (AvgIpc) is 2.74. The smallest absolute Gasteiger partial charge is 0.293 e. The van der Waals surface area contributed by atoms with Crippen molar-refractivity contribution in [2.24, 2.45) is 0 Å². The highest BCUT2D eigenvalue weighted by Crippen LogP contribution is 2.46. The highest BCUT2D eigenvalue weighted by molar-refractivity contribution is 8.18. The van der Waals surface area contributed by atoms with Gasteiger partial charge in [-0.05, 0) is 93.6 Å². The van der Waals surface area contributed by atoms with Crippen molar-refractivity contribution in [2.75, 3.05) is 11.9 Å². The van der Waals surface area contributed by atoms with Gasteiger partial charge in [0.2, 0.25) is 0 Å². The van der Waals surface area contributed by atoms with Crippen LogP contribution in [0.2, 0.25) is 0 Å². The van der Waals surface area contributed by atoms with Crippen molar-refractivity contribution in [1.29, 1.82) is 0 Å². The maximum Gasteiger partial charge on any atom is 0.293 e. The van der Waals surface area contributed by atoms with Gasteiger partial charge in [0.1, 0.15) is 0 Å². The Balaban J connectivity index is 2.10. The maximum absolute atomic E-state index is 12.2. The quantitative estimate of drug-likeness (QED) is 0.672. The number of carbonyl (C=O) groups is 2. The maximum atomic E-state index is 12.2. The van der Waals surface area contributed by atoms with Gasteiger partial charge in [0.15, 0.2) is 0 Å². The number of hydrogen-bond acceptors (Lipinski definition) is 4. The lowest BCUT2D eigenvalue weighted by Crippen LogP contribution is -2.51. The summed E-state index contributed by atoms with van der Waals surface area (Å²) in [6.45, 7) is 13.5. The molecular weight excluding hydrogens is 344 g/mol. The van der Waals surface area contributed by atoms with Crippen LogP contribution in [-0.2, 0) is 4.79 Å². The van der Waals surface area contributed by atoms with Crippen LogP contribution in [0.25, 0.3) is 6.08 Å². The molecule has 3 rings (SSSR count). The number of amides is 2. The summed E-state index contributed by atoms with van der Waals surface area (Å²) in [5.41, 5.74) is 4.88. The van der Waals surface area contributed by atoms with Gasteiger partial charge in [-0.15, -0.1) is 0 Å². The summed E-state index contributed by atoms with van der Waals surface area (Å²) in [6.07, 6.45) is 2.96. The molecule has 4 nitrogen and oxygen atoms in total. The Bertz CT molecular complexity index is 810. The summed E-state index contributed by atoms with van der Waals surface area (Å²) in [4.78, 5) is 28.2. The van der Waals surface area contributed by atoms with Gasteiger partial charge < -0.3 is 4.90 Å². The third-order valence-corrected chi connectivity index (χ3v) is 6.41. The van der Waals surface area contributed by atoms with E-state index in [4.69, 9.17) is 0 Å². The van der Waals surface area contributed by atoms with Crippen molar-refractivity contribution in [3.05, 3.63) is 33.7 Å². The van der Waals surface area contributed by atoms with Gasteiger partial charge in [-0.25, -0.2) is 0 Å². The fraction of sp³-hybridized carbons (Fsp3) is 0.524. The highest BCUT2D eigenvalue weighted by atomic mass is 32.2. The zero-order chi connectivity index (χ0) is 19.4. The molecule has 5 heteroatoms. The lowest BCUT2D eigenvalue weighted by atomic mass is 9.78. The molecule has 0 N–H and O–H groups in total. The molecule has 2 aliphatic rings. The van der Waals surface area contributed by atoms with E-state index in [-0.39, 0.29) is 16.7 Å². The number of thioether (sulfide) groups is 1. The number of fused-ring (bicyclic) bond motifs is 1. The fourth-order valence-electron chi connectivity index (χ4n) is 4.43. The molecule has 0 bridgehead atoms. The molecule has 0 aliphatic carbocycles. The standard InChI is InChI=1S/C21H28N2O2S/c1-12(2)23-17-8-13(3)15(9-16(17)14(4)11-21(23,5)6)10-18-19(24)22(7)20(25)26-18/h8-10,12,14H,11H2,1-7H3/b18-10+/t14-/m1/s1. The van der Waals surface area contributed by atoms with E-state index < -0.39 is 0 Å². The molecule has 2 heterocycles. The summed E-state index contributed by atoms with van der Waals surface area (Å²) in [7, 11) is 1.53. The lowest BCUT2D eigenvalue weighted by Gasteiger charge is -2.50. The van der Waals surface area contributed by atoms with Gasteiger partial charge >= 0.3 is 0 Å². The van der Waals surface area contributed by atoms with Crippen LogP contribution in [0.1, 0.15) is 63.6 Å². The van der Waals surface area contributed by atoms with Gasteiger partial charge in [-0.2, -0.15) is 0 Å². The third kappa shape index (κ3) is 3.07. The summed E-state index contributed by atoms with van der Waals surface area (Å²) in [6, 6.07) is 4.87. The lowest BCUT2D eigenvalue weighted by molar-refractivity contribution is -0.121. The van der Waals surface area contributed by atoms with Crippen LogP contribution in [0.3, 0.4) is 0 Å². The van der Waals surface area contributed by atoms with Gasteiger partial charge in [0.05, 0.1) is 4.91 Å². The molecule has 2 amide bonds. The number of rotatable bonds is 2. The molecular formula is C21H28N2O2S. The van der Waals surface area contributed by atoms with E-state index in [1.165, 1.54) is 23.2 Å². The van der Waals surface area contributed by atoms with E-state index >= 15 is 0 Å². The molecule has 1 atom stereocenters. The Morgan fingerprint density at radius 3 is 2.46 bits per heavy atom. The van der Waals surface area contributed by atoms with E-state index in [0.717, 1.165) is 29.3 Å². The minimum atomic E-state index is -0.213. The number of carbonyl (C=O) groups excluding carboxylic acids is 2. The van der Waals surface area contributed by atoms with Crippen molar-refractivity contribution < 1.29 is 9.59 Å². The molecule has 1 aromatic carbocycles. The number of benzene rings is 1. The Morgan fingerprint density at radius 1 is 1.27 bits per heavy atom. The minimum Gasteiger partial charge on any atom is -0.364 e. The van der Waals surface area contributed by atoms with Crippen LogP contribution in [-0.4, -0.2) is 34.7 Å².